The smallest absolute Gasteiger partial charge is 0.0829 e. The summed E-state index contributed by atoms with van der Waals surface area (Å²) in [5.74, 6) is 0.408. The molecule has 16 heavy (non-hydrogen) atoms. The minimum atomic E-state index is -0.599. The van der Waals surface area contributed by atoms with Gasteiger partial charge in [0.15, 0.2) is 0 Å². The third-order valence-electron chi connectivity index (χ3n) is 3.84. The van der Waals surface area contributed by atoms with Crippen LogP contribution >= 0.6 is 0 Å². The maximum atomic E-state index is 10.1. The summed E-state index contributed by atoms with van der Waals surface area (Å²) < 4.78 is 5.00. The van der Waals surface area contributed by atoms with Crippen molar-refractivity contribution in [1.82, 2.24) is 0 Å². The summed E-state index contributed by atoms with van der Waals surface area (Å²) >= 11 is 0. The van der Waals surface area contributed by atoms with E-state index in [0.717, 1.165) is 19.3 Å². The van der Waals surface area contributed by atoms with Gasteiger partial charge in [-0.3, -0.25) is 0 Å². The van der Waals surface area contributed by atoms with Crippen LogP contribution in [0.5, 0.6) is 0 Å². The fraction of sp³-hybridized carbons (Fsp3) is 1.00. The highest BCUT2D eigenvalue weighted by molar-refractivity contribution is 4.81. The first kappa shape index (κ1) is 13.9. The first-order valence-corrected chi connectivity index (χ1v) is 6.52. The van der Waals surface area contributed by atoms with Crippen molar-refractivity contribution in [1.29, 1.82) is 0 Å². The van der Waals surface area contributed by atoms with Crippen LogP contribution in [0.25, 0.3) is 0 Å². The molecule has 0 aromatic carbocycles. The molecule has 3 atom stereocenters. The molecule has 0 heterocycles. The van der Waals surface area contributed by atoms with Crippen molar-refractivity contribution < 1.29 is 14.9 Å². The fourth-order valence-electron chi connectivity index (χ4n) is 2.57. The van der Waals surface area contributed by atoms with Crippen LogP contribution in [0.3, 0.4) is 0 Å². The number of aliphatic hydroxyl groups is 2. The molecule has 0 aromatic heterocycles. The van der Waals surface area contributed by atoms with E-state index < -0.39 is 12.2 Å². The lowest BCUT2D eigenvalue weighted by atomic mass is 9.80. The molecule has 1 saturated carbocycles. The Hall–Kier alpha value is -0.120. The molecular weight excluding hydrogens is 204 g/mol. The van der Waals surface area contributed by atoms with Crippen LogP contribution < -0.4 is 0 Å². The number of rotatable bonds is 6. The molecule has 2 N–H and O–H groups in total. The van der Waals surface area contributed by atoms with E-state index in [4.69, 9.17) is 4.74 Å². The Morgan fingerprint density at radius 1 is 1.19 bits per heavy atom. The second-order valence-corrected chi connectivity index (χ2v) is 5.14. The summed E-state index contributed by atoms with van der Waals surface area (Å²) in [7, 11) is 1.66. The van der Waals surface area contributed by atoms with Crippen molar-refractivity contribution in [2.24, 2.45) is 11.8 Å². The monoisotopic (exact) mass is 230 g/mol. The van der Waals surface area contributed by atoms with Crippen molar-refractivity contribution in [2.75, 3.05) is 13.7 Å². The van der Waals surface area contributed by atoms with E-state index in [-0.39, 0.29) is 5.92 Å². The second-order valence-electron chi connectivity index (χ2n) is 5.14. The minimum Gasteiger partial charge on any atom is -0.390 e. The van der Waals surface area contributed by atoms with Crippen molar-refractivity contribution >= 4 is 0 Å². The lowest BCUT2D eigenvalue weighted by molar-refractivity contribution is -0.0563. The first-order valence-electron chi connectivity index (χ1n) is 6.52. The Bertz CT molecular complexity index is 178. The highest BCUT2D eigenvalue weighted by Crippen LogP contribution is 2.29. The van der Waals surface area contributed by atoms with Crippen LogP contribution in [0.2, 0.25) is 0 Å². The van der Waals surface area contributed by atoms with Gasteiger partial charge in [-0.15, -0.1) is 0 Å². The molecule has 0 saturated heterocycles. The minimum absolute atomic E-state index is 0.108. The molecule has 1 rings (SSSR count). The van der Waals surface area contributed by atoms with Gasteiger partial charge in [0.1, 0.15) is 0 Å². The molecule has 3 heteroatoms. The van der Waals surface area contributed by atoms with Crippen molar-refractivity contribution in [2.45, 2.75) is 57.7 Å². The van der Waals surface area contributed by atoms with E-state index in [1.54, 1.807) is 7.11 Å². The summed E-state index contributed by atoms with van der Waals surface area (Å²) in [4.78, 5) is 0. The molecule has 0 spiro atoms. The number of ether oxygens (including phenoxy) is 1. The highest BCUT2D eigenvalue weighted by Gasteiger charge is 2.30. The van der Waals surface area contributed by atoms with Crippen LogP contribution in [0.15, 0.2) is 0 Å². The Kier molecular flexibility index (Phi) is 6.32. The van der Waals surface area contributed by atoms with E-state index in [1.165, 1.54) is 19.3 Å². The molecule has 1 aliphatic carbocycles. The zero-order valence-electron chi connectivity index (χ0n) is 10.6. The van der Waals surface area contributed by atoms with Crippen LogP contribution in [-0.2, 0) is 4.74 Å². The lowest BCUT2D eigenvalue weighted by Crippen LogP contribution is -2.39. The summed E-state index contributed by atoms with van der Waals surface area (Å²) in [5, 5.41) is 20.2. The number of aliphatic hydroxyl groups excluding tert-OH is 2. The van der Waals surface area contributed by atoms with E-state index in [0.29, 0.717) is 12.5 Å². The summed E-state index contributed by atoms with van der Waals surface area (Å²) in [6.45, 7) is 2.63. The molecule has 3 nitrogen and oxygen atoms in total. The predicted molar refractivity (Wildman–Crippen MR) is 64.2 cm³/mol. The Labute approximate surface area is 98.8 Å². The Balaban J connectivity index is 2.35. The summed E-state index contributed by atoms with van der Waals surface area (Å²) in [6.07, 6.45) is 5.46. The molecule has 1 aliphatic rings. The highest BCUT2D eigenvalue weighted by atomic mass is 16.5. The molecule has 3 unspecified atom stereocenters. The second kappa shape index (κ2) is 7.25. The van der Waals surface area contributed by atoms with Crippen LogP contribution in [0.1, 0.15) is 45.4 Å². The topological polar surface area (TPSA) is 49.7 Å². The SMILES string of the molecule is COCCC(C)C(O)C(O)C1CCCCC1. The van der Waals surface area contributed by atoms with Gasteiger partial charge in [0.2, 0.25) is 0 Å². The zero-order chi connectivity index (χ0) is 12.0. The summed E-state index contributed by atoms with van der Waals surface area (Å²) in [6, 6.07) is 0. The zero-order valence-corrected chi connectivity index (χ0v) is 10.6. The van der Waals surface area contributed by atoms with Crippen molar-refractivity contribution in [3.63, 3.8) is 0 Å². The van der Waals surface area contributed by atoms with E-state index >= 15 is 0 Å². The molecule has 0 aliphatic heterocycles. The largest absolute Gasteiger partial charge is 0.390 e. The van der Waals surface area contributed by atoms with Crippen molar-refractivity contribution in [3.05, 3.63) is 0 Å². The predicted octanol–water partition coefficient (Wildman–Crippen LogP) is 1.96. The normalized spacial score (nSPS) is 24.0. The maximum Gasteiger partial charge on any atom is 0.0829 e. The van der Waals surface area contributed by atoms with Gasteiger partial charge < -0.3 is 14.9 Å². The maximum absolute atomic E-state index is 10.1. The molecular formula is C13H26O3. The van der Waals surface area contributed by atoms with Gasteiger partial charge >= 0.3 is 0 Å². The quantitative estimate of drug-likeness (QED) is 0.733. The molecule has 0 aromatic rings. The molecule has 1 fully saturated rings. The van der Waals surface area contributed by atoms with Crippen LogP contribution in [0, 0.1) is 11.8 Å². The van der Waals surface area contributed by atoms with Gasteiger partial charge in [-0.05, 0) is 31.1 Å². The third-order valence-corrected chi connectivity index (χ3v) is 3.84. The molecule has 0 amide bonds. The van der Waals surface area contributed by atoms with Crippen LogP contribution in [-0.4, -0.2) is 36.1 Å². The van der Waals surface area contributed by atoms with Gasteiger partial charge in [0.25, 0.3) is 0 Å². The number of hydrogen-bond acceptors (Lipinski definition) is 3. The number of methoxy groups -OCH3 is 1. The molecule has 0 radical (unpaired) electrons. The van der Waals surface area contributed by atoms with Gasteiger partial charge in [0, 0.05) is 13.7 Å². The fourth-order valence-corrected chi connectivity index (χ4v) is 2.57. The average molecular weight is 230 g/mol. The van der Waals surface area contributed by atoms with E-state index in [2.05, 4.69) is 0 Å². The summed E-state index contributed by atoms with van der Waals surface area (Å²) in [5.41, 5.74) is 0. The van der Waals surface area contributed by atoms with Gasteiger partial charge in [0.05, 0.1) is 12.2 Å². The number of hydrogen-bond donors (Lipinski definition) is 2. The third kappa shape index (κ3) is 4.04. The van der Waals surface area contributed by atoms with Gasteiger partial charge in [-0.1, -0.05) is 26.2 Å². The molecule has 0 bridgehead atoms. The van der Waals surface area contributed by atoms with Gasteiger partial charge in [-0.2, -0.15) is 0 Å². The van der Waals surface area contributed by atoms with Crippen molar-refractivity contribution in [3.8, 4) is 0 Å². The standard InChI is InChI=1S/C13H26O3/c1-10(8-9-16-2)12(14)13(15)11-6-4-3-5-7-11/h10-15H,3-9H2,1-2H3. The Morgan fingerprint density at radius 2 is 1.81 bits per heavy atom. The molecule has 96 valence electrons. The average Bonchev–Trinajstić information content (AvgIpc) is 2.35. The van der Waals surface area contributed by atoms with Gasteiger partial charge in [-0.25, -0.2) is 0 Å². The Morgan fingerprint density at radius 3 is 2.38 bits per heavy atom. The first-order chi connectivity index (χ1) is 7.66. The van der Waals surface area contributed by atoms with E-state index in [1.807, 2.05) is 6.92 Å². The van der Waals surface area contributed by atoms with Crippen LogP contribution in [0.4, 0.5) is 0 Å². The lowest BCUT2D eigenvalue weighted by Gasteiger charge is -2.32. The van der Waals surface area contributed by atoms with E-state index in [9.17, 15) is 10.2 Å².